The average Bonchev–Trinajstić information content (AvgIpc) is 1.88. The van der Waals surface area contributed by atoms with Gasteiger partial charge >= 0.3 is 0 Å². The lowest BCUT2D eigenvalue weighted by atomic mass is 10.3. The molecule has 0 heterocycles. The molecule has 11 heavy (non-hydrogen) atoms. The zero-order valence-electron chi connectivity index (χ0n) is 7.59. The van der Waals surface area contributed by atoms with Gasteiger partial charge in [-0.2, -0.15) is 0 Å². The molecule has 0 saturated carbocycles. The van der Waals surface area contributed by atoms with Crippen LogP contribution in [0.5, 0.6) is 0 Å². The minimum absolute atomic E-state index is 0.833. The van der Waals surface area contributed by atoms with Gasteiger partial charge in [0.15, 0.2) is 0 Å². The van der Waals surface area contributed by atoms with Crippen LogP contribution in [0, 0.1) is 0 Å². The molecule has 0 bridgehead atoms. The maximum Gasteiger partial charge on any atom is 0.300 e. The summed E-state index contributed by atoms with van der Waals surface area (Å²) in [5.41, 5.74) is 0. The highest BCUT2D eigenvalue weighted by molar-refractivity contribution is 5.62. The molecule has 0 unspecified atom stereocenters. The van der Waals surface area contributed by atoms with Crippen LogP contribution < -0.4 is 0 Å². The fourth-order valence-electron chi connectivity index (χ4n) is 0.496. The van der Waals surface area contributed by atoms with E-state index in [9.17, 15) is 0 Å². The standard InChI is InChI=1S/C6H14O.C2H4O2/c1-3-4-5-6-7-2;1-2(3)4/h3-6H2,1-2H3;1H3,(H,3,4). The summed E-state index contributed by atoms with van der Waals surface area (Å²) >= 11 is 0. The molecule has 68 valence electrons. The number of aliphatic carboxylic acids is 1. The van der Waals surface area contributed by atoms with Crippen molar-refractivity contribution in [3.63, 3.8) is 0 Å². The van der Waals surface area contributed by atoms with Crippen LogP contribution in [0.1, 0.15) is 33.1 Å². The monoisotopic (exact) mass is 162 g/mol. The molecule has 3 heteroatoms. The zero-order valence-corrected chi connectivity index (χ0v) is 7.59. The Bertz CT molecular complexity index is 73.4. The molecule has 0 fully saturated rings. The minimum Gasteiger partial charge on any atom is -0.481 e. The van der Waals surface area contributed by atoms with E-state index < -0.39 is 5.97 Å². The number of hydrogen-bond donors (Lipinski definition) is 1. The third-order valence-corrected chi connectivity index (χ3v) is 0.952. The maximum absolute atomic E-state index is 9.00. The van der Waals surface area contributed by atoms with Gasteiger partial charge in [-0.15, -0.1) is 0 Å². The van der Waals surface area contributed by atoms with Crippen molar-refractivity contribution in [3.8, 4) is 0 Å². The average molecular weight is 162 g/mol. The van der Waals surface area contributed by atoms with Crippen LogP contribution in [-0.2, 0) is 9.53 Å². The number of ether oxygens (including phenoxy) is 1. The van der Waals surface area contributed by atoms with E-state index in [1.807, 2.05) is 0 Å². The Morgan fingerprint density at radius 2 is 1.91 bits per heavy atom. The Morgan fingerprint density at radius 1 is 1.45 bits per heavy atom. The lowest BCUT2D eigenvalue weighted by Gasteiger charge is -1.92. The van der Waals surface area contributed by atoms with Crippen LogP contribution in [0.4, 0.5) is 0 Å². The molecular weight excluding hydrogens is 144 g/mol. The van der Waals surface area contributed by atoms with Crippen molar-refractivity contribution in [2.75, 3.05) is 13.7 Å². The van der Waals surface area contributed by atoms with Gasteiger partial charge < -0.3 is 9.84 Å². The van der Waals surface area contributed by atoms with Gasteiger partial charge in [-0.05, 0) is 6.42 Å². The van der Waals surface area contributed by atoms with E-state index in [1.54, 1.807) is 7.11 Å². The molecule has 0 aliphatic rings. The zero-order chi connectivity index (χ0) is 9.11. The third-order valence-electron chi connectivity index (χ3n) is 0.952. The second kappa shape index (κ2) is 12.1. The first-order chi connectivity index (χ1) is 5.15. The van der Waals surface area contributed by atoms with Gasteiger partial charge in [-0.1, -0.05) is 19.8 Å². The van der Waals surface area contributed by atoms with Crippen molar-refractivity contribution < 1.29 is 14.6 Å². The molecule has 0 spiro atoms. The number of carbonyl (C=O) groups is 1. The molecule has 1 N–H and O–H groups in total. The molecular formula is C8H18O3. The highest BCUT2D eigenvalue weighted by Crippen LogP contribution is 1.91. The normalized spacial score (nSPS) is 8.27. The van der Waals surface area contributed by atoms with Gasteiger partial charge in [-0.25, -0.2) is 0 Å². The molecule has 0 aromatic rings. The Labute approximate surface area is 68.4 Å². The third kappa shape index (κ3) is 44.2. The summed E-state index contributed by atoms with van der Waals surface area (Å²) in [7, 11) is 1.75. The van der Waals surface area contributed by atoms with E-state index in [1.165, 1.54) is 19.3 Å². The number of carboxylic acids is 1. The van der Waals surface area contributed by atoms with Crippen molar-refractivity contribution >= 4 is 5.97 Å². The van der Waals surface area contributed by atoms with Crippen molar-refractivity contribution in [1.82, 2.24) is 0 Å². The van der Waals surface area contributed by atoms with Gasteiger partial charge in [0, 0.05) is 20.6 Å². The lowest BCUT2D eigenvalue weighted by molar-refractivity contribution is -0.134. The van der Waals surface area contributed by atoms with Gasteiger partial charge in [-0.3, -0.25) is 4.79 Å². The highest BCUT2D eigenvalue weighted by Gasteiger charge is 1.79. The van der Waals surface area contributed by atoms with Crippen LogP contribution in [0.15, 0.2) is 0 Å². The van der Waals surface area contributed by atoms with Crippen LogP contribution >= 0.6 is 0 Å². The van der Waals surface area contributed by atoms with Gasteiger partial charge in [0.1, 0.15) is 0 Å². The number of hydrogen-bond acceptors (Lipinski definition) is 2. The molecule has 0 aromatic heterocycles. The summed E-state index contributed by atoms with van der Waals surface area (Å²) in [6.45, 7) is 4.20. The Balaban J connectivity index is 0. The van der Waals surface area contributed by atoms with Crippen molar-refractivity contribution in [1.29, 1.82) is 0 Å². The predicted molar refractivity (Wildman–Crippen MR) is 44.7 cm³/mol. The smallest absolute Gasteiger partial charge is 0.300 e. The lowest BCUT2D eigenvalue weighted by Crippen LogP contribution is -1.85. The fraction of sp³-hybridized carbons (Fsp3) is 0.875. The summed E-state index contributed by atoms with van der Waals surface area (Å²) in [6, 6.07) is 0. The van der Waals surface area contributed by atoms with Crippen LogP contribution in [-0.4, -0.2) is 24.8 Å². The summed E-state index contributed by atoms with van der Waals surface area (Å²) in [6.07, 6.45) is 3.80. The Morgan fingerprint density at radius 3 is 2.18 bits per heavy atom. The summed E-state index contributed by atoms with van der Waals surface area (Å²) < 4.78 is 4.84. The fourth-order valence-corrected chi connectivity index (χ4v) is 0.496. The first-order valence-corrected chi connectivity index (χ1v) is 3.83. The largest absolute Gasteiger partial charge is 0.481 e. The maximum atomic E-state index is 9.00. The van der Waals surface area contributed by atoms with E-state index in [2.05, 4.69) is 6.92 Å². The number of methoxy groups -OCH3 is 1. The highest BCUT2D eigenvalue weighted by atomic mass is 16.5. The van der Waals surface area contributed by atoms with Crippen molar-refractivity contribution in [2.24, 2.45) is 0 Å². The van der Waals surface area contributed by atoms with E-state index >= 15 is 0 Å². The van der Waals surface area contributed by atoms with Crippen molar-refractivity contribution in [3.05, 3.63) is 0 Å². The molecule has 0 atom stereocenters. The van der Waals surface area contributed by atoms with E-state index in [0.29, 0.717) is 0 Å². The van der Waals surface area contributed by atoms with E-state index in [0.717, 1.165) is 13.5 Å². The molecule has 0 saturated heterocycles. The Hall–Kier alpha value is -0.570. The van der Waals surface area contributed by atoms with Crippen LogP contribution in [0.2, 0.25) is 0 Å². The van der Waals surface area contributed by atoms with Gasteiger partial charge in [0.25, 0.3) is 5.97 Å². The topological polar surface area (TPSA) is 46.5 Å². The van der Waals surface area contributed by atoms with Gasteiger partial charge in [0.2, 0.25) is 0 Å². The summed E-state index contributed by atoms with van der Waals surface area (Å²) in [4.78, 5) is 9.00. The SMILES string of the molecule is CC(=O)O.CCCCCOC. The molecule has 0 rings (SSSR count). The Kier molecular flexibility index (Phi) is 14.4. The molecule has 0 amide bonds. The minimum atomic E-state index is -0.833. The quantitative estimate of drug-likeness (QED) is 0.642. The first kappa shape index (κ1) is 13.1. The van der Waals surface area contributed by atoms with E-state index in [4.69, 9.17) is 14.6 Å². The van der Waals surface area contributed by atoms with Crippen molar-refractivity contribution in [2.45, 2.75) is 33.1 Å². The molecule has 0 aromatic carbocycles. The molecule has 0 aliphatic heterocycles. The van der Waals surface area contributed by atoms with Crippen LogP contribution in [0.25, 0.3) is 0 Å². The molecule has 0 radical (unpaired) electrons. The van der Waals surface area contributed by atoms with Crippen LogP contribution in [0.3, 0.4) is 0 Å². The second-order valence-electron chi connectivity index (χ2n) is 2.22. The molecule has 3 nitrogen and oxygen atoms in total. The summed E-state index contributed by atoms with van der Waals surface area (Å²) in [5.74, 6) is -0.833. The first-order valence-electron chi connectivity index (χ1n) is 3.83. The second-order valence-corrected chi connectivity index (χ2v) is 2.22. The van der Waals surface area contributed by atoms with Gasteiger partial charge in [0.05, 0.1) is 0 Å². The molecule has 0 aliphatic carbocycles. The summed E-state index contributed by atoms with van der Waals surface area (Å²) in [5, 5.41) is 7.42. The number of carboxylic acid groups (broad SMARTS) is 1. The number of unbranched alkanes of at least 4 members (excludes halogenated alkanes) is 2. The number of rotatable bonds is 4. The van der Waals surface area contributed by atoms with E-state index in [-0.39, 0.29) is 0 Å². The predicted octanol–water partition coefficient (Wildman–Crippen LogP) is 1.91.